The van der Waals surface area contributed by atoms with E-state index in [-0.39, 0.29) is 23.5 Å². The van der Waals surface area contributed by atoms with Gasteiger partial charge in [0.2, 0.25) is 0 Å². The van der Waals surface area contributed by atoms with E-state index in [1.54, 1.807) is 7.05 Å². The lowest BCUT2D eigenvalue weighted by atomic mass is 10.2. The summed E-state index contributed by atoms with van der Waals surface area (Å²) in [6.45, 7) is 10.2. The second kappa shape index (κ2) is 7.95. The highest BCUT2D eigenvalue weighted by Crippen LogP contribution is 2.11. The molecule has 27 heavy (non-hydrogen) atoms. The molecule has 3 heterocycles. The molecular weight excluding hydrogens is 350 g/mol. The minimum absolute atomic E-state index is 0.183. The van der Waals surface area contributed by atoms with E-state index in [4.69, 9.17) is 14.5 Å². The molecule has 2 atom stereocenters. The van der Waals surface area contributed by atoms with Gasteiger partial charge >= 0.3 is 5.69 Å². The number of nitrogens with zero attached hydrogens (tertiary/aromatic N) is 4. The Morgan fingerprint density at radius 2 is 1.85 bits per heavy atom. The van der Waals surface area contributed by atoms with E-state index in [1.165, 1.54) is 16.5 Å². The van der Waals surface area contributed by atoms with Gasteiger partial charge in [0.25, 0.3) is 5.56 Å². The van der Waals surface area contributed by atoms with Crippen molar-refractivity contribution in [2.75, 3.05) is 26.3 Å². The predicted octanol–water partition coefficient (Wildman–Crippen LogP) is -1.34. The maximum atomic E-state index is 12.8. The second-order valence-electron chi connectivity index (χ2n) is 7.35. The fraction of sp³-hybridized carbons (Fsp3) is 0.722. The lowest BCUT2D eigenvalue weighted by Crippen LogP contribution is -3.14. The number of nitrogens with one attached hydrogen (secondary N) is 1. The largest absolute Gasteiger partial charge is 0.380 e. The summed E-state index contributed by atoms with van der Waals surface area (Å²) in [6.07, 6.45) is 0.365. The quantitative estimate of drug-likeness (QED) is 0.628. The number of fused-ring (bicyclic) bond motifs is 1. The average Bonchev–Trinajstić information content (AvgIpc) is 2.96. The first-order valence-corrected chi connectivity index (χ1v) is 9.55. The summed E-state index contributed by atoms with van der Waals surface area (Å²) in [4.78, 5) is 31.1. The van der Waals surface area contributed by atoms with Crippen molar-refractivity contribution in [2.24, 2.45) is 14.1 Å². The number of aryl methyl sites for hydroxylation is 1. The first-order valence-electron chi connectivity index (χ1n) is 9.55. The number of rotatable bonds is 6. The highest BCUT2D eigenvalue weighted by atomic mass is 16.5. The molecule has 1 saturated heterocycles. The molecule has 9 nitrogen and oxygen atoms in total. The van der Waals surface area contributed by atoms with Crippen molar-refractivity contribution in [2.45, 2.75) is 46.1 Å². The monoisotopic (exact) mass is 380 g/mol. The number of aromatic nitrogens is 4. The van der Waals surface area contributed by atoms with Crippen LogP contribution in [0, 0.1) is 0 Å². The Kier molecular flexibility index (Phi) is 5.83. The first kappa shape index (κ1) is 19.8. The highest BCUT2D eigenvalue weighted by Gasteiger charge is 2.28. The van der Waals surface area contributed by atoms with Crippen molar-refractivity contribution >= 4 is 11.2 Å². The van der Waals surface area contributed by atoms with Gasteiger partial charge in [-0.1, -0.05) is 0 Å². The van der Waals surface area contributed by atoms with Gasteiger partial charge in [-0.15, -0.1) is 0 Å². The van der Waals surface area contributed by atoms with E-state index >= 15 is 0 Å². The molecule has 2 aromatic rings. The summed E-state index contributed by atoms with van der Waals surface area (Å²) in [6, 6.07) is 0. The Balaban J connectivity index is 2.06. The Labute approximate surface area is 158 Å². The molecule has 1 N–H and O–H groups in total. The smallest absolute Gasteiger partial charge is 0.332 e. The summed E-state index contributed by atoms with van der Waals surface area (Å²) < 4.78 is 15.8. The Morgan fingerprint density at radius 1 is 1.19 bits per heavy atom. The number of ether oxygens (including phenoxy) is 2. The van der Waals surface area contributed by atoms with Crippen LogP contribution >= 0.6 is 0 Å². The van der Waals surface area contributed by atoms with Crippen LogP contribution in [0.2, 0.25) is 0 Å². The van der Waals surface area contributed by atoms with Crippen LogP contribution in [0.25, 0.3) is 11.2 Å². The number of imidazole rings is 1. The van der Waals surface area contributed by atoms with Crippen molar-refractivity contribution in [3.05, 3.63) is 26.7 Å². The van der Waals surface area contributed by atoms with Gasteiger partial charge < -0.3 is 18.9 Å². The van der Waals surface area contributed by atoms with Gasteiger partial charge in [0.1, 0.15) is 31.8 Å². The van der Waals surface area contributed by atoms with E-state index in [0.717, 1.165) is 23.5 Å². The van der Waals surface area contributed by atoms with Gasteiger partial charge in [-0.05, 0) is 20.8 Å². The Bertz CT molecular complexity index is 918. The van der Waals surface area contributed by atoms with E-state index in [2.05, 4.69) is 13.8 Å². The molecular formula is C18H30N5O4+. The van der Waals surface area contributed by atoms with Crippen LogP contribution in [-0.2, 0) is 36.7 Å². The van der Waals surface area contributed by atoms with Crippen molar-refractivity contribution in [3.63, 3.8) is 0 Å². The Hall–Kier alpha value is -1.97. The lowest BCUT2D eigenvalue weighted by molar-refractivity contribution is -0.929. The van der Waals surface area contributed by atoms with Gasteiger partial charge in [0, 0.05) is 27.2 Å². The van der Waals surface area contributed by atoms with Crippen LogP contribution < -0.4 is 16.1 Å². The molecule has 0 spiro atoms. The zero-order chi connectivity index (χ0) is 19.7. The molecule has 0 amide bonds. The average molecular weight is 380 g/mol. The fourth-order valence-corrected chi connectivity index (χ4v) is 3.92. The van der Waals surface area contributed by atoms with Crippen molar-refractivity contribution in [3.8, 4) is 0 Å². The van der Waals surface area contributed by atoms with E-state index in [1.807, 2.05) is 11.5 Å². The highest BCUT2D eigenvalue weighted by molar-refractivity contribution is 5.71. The molecule has 0 unspecified atom stereocenters. The minimum atomic E-state index is -0.366. The fourth-order valence-electron chi connectivity index (χ4n) is 3.92. The van der Waals surface area contributed by atoms with E-state index < -0.39 is 0 Å². The minimum Gasteiger partial charge on any atom is -0.380 e. The van der Waals surface area contributed by atoms with Crippen LogP contribution in [0.1, 0.15) is 26.6 Å². The van der Waals surface area contributed by atoms with Crippen LogP contribution in [0.3, 0.4) is 0 Å². The molecule has 1 aliphatic heterocycles. The maximum Gasteiger partial charge on any atom is 0.332 e. The molecule has 1 aliphatic rings. The van der Waals surface area contributed by atoms with Gasteiger partial charge in [0.05, 0.1) is 6.61 Å². The molecule has 0 aromatic carbocycles. The molecule has 0 aliphatic carbocycles. The summed E-state index contributed by atoms with van der Waals surface area (Å²) in [5, 5.41) is 0. The first-order chi connectivity index (χ1) is 12.8. The molecule has 0 saturated carbocycles. The van der Waals surface area contributed by atoms with Crippen molar-refractivity contribution in [1.82, 2.24) is 18.7 Å². The zero-order valence-electron chi connectivity index (χ0n) is 16.8. The number of quaternary nitrogens is 1. The number of morpholine rings is 1. The molecule has 1 fully saturated rings. The van der Waals surface area contributed by atoms with E-state index in [0.29, 0.717) is 37.5 Å². The van der Waals surface area contributed by atoms with Crippen LogP contribution in [0.15, 0.2) is 9.59 Å². The zero-order valence-corrected chi connectivity index (χ0v) is 16.8. The molecule has 0 bridgehead atoms. The van der Waals surface area contributed by atoms with Gasteiger partial charge in [-0.3, -0.25) is 13.9 Å². The third-order valence-corrected chi connectivity index (χ3v) is 5.12. The number of hydrogen-bond acceptors (Lipinski definition) is 5. The molecule has 0 radical (unpaired) electrons. The SMILES string of the molecule is CCOCCn1c(C[NH+]2C[C@H](C)O[C@@H](C)C2)nc2c1c(=O)n(C)c(=O)n2C. The normalized spacial score (nSPS) is 23.2. The second-order valence-corrected chi connectivity index (χ2v) is 7.35. The third-order valence-electron chi connectivity index (χ3n) is 5.12. The predicted molar refractivity (Wildman–Crippen MR) is 101 cm³/mol. The van der Waals surface area contributed by atoms with Gasteiger partial charge in [0.15, 0.2) is 17.0 Å². The third kappa shape index (κ3) is 3.85. The van der Waals surface area contributed by atoms with Gasteiger partial charge in [-0.25, -0.2) is 9.78 Å². The van der Waals surface area contributed by atoms with Crippen molar-refractivity contribution < 1.29 is 14.4 Å². The van der Waals surface area contributed by atoms with Gasteiger partial charge in [-0.2, -0.15) is 0 Å². The molecule has 3 rings (SSSR count). The Morgan fingerprint density at radius 3 is 2.48 bits per heavy atom. The molecule has 9 heteroatoms. The lowest BCUT2D eigenvalue weighted by Gasteiger charge is -2.32. The van der Waals surface area contributed by atoms with Crippen molar-refractivity contribution in [1.29, 1.82) is 0 Å². The molecule has 2 aromatic heterocycles. The summed E-state index contributed by atoms with van der Waals surface area (Å²) in [5.41, 5.74) is 0.211. The topological polar surface area (TPSA) is 84.7 Å². The van der Waals surface area contributed by atoms with Crippen LogP contribution in [0.4, 0.5) is 0 Å². The summed E-state index contributed by atoms with van der Waals surface area (Å²) >= 11 is 0. The summed E-state index contributed by atoms with van der Waals surface area (Å²) in [5.74, 6) is 0.805. The number of hydrogen-bond donors (Lipinski definition) is 1. The summed E-state index contributed by atoms with van der Waals surface area (Å²) in [7, 11) is 3.15. The van der Waals surface area contributed by atoms with Crippen LogP contribution in [0.5, 0.6) is 0 Å². The standard InChI is InChI=1S/C18H29N5O4/c1-6-26-8-7-23-14(11-22-9-12(2)27-13(3)10-22)19-16-15(23)17(24)21(5)18(25)20(16)4/h12-13H,6-11H2,1-5H3/p+1/t12-,13-/m0/s1. The van der Waals surface area contributed by atoms with Crippen LogP contribution in [-0.4, -0.2) is 57.2 Å². The maximum absolute atomic E-state index is 12.8. The van der Waals surface area contributed by atoms with E-state index in [9.17, 15) is 9.59 Å². The molecule has 150 valence electrons.